The van der Waals surface area contributed by atoms with E-state index < -0.39 is 10.2 Å². The van der Waals surface area contributed by atoms with E-state index in [1.54, 1.807) is 8.61 Å². The summed E-state index contributed by atoms with van der Waals surface area (Å²) in [7, 11) is -3.23. The Kier molecular flexibility index (Phi) is 4.34. The number of rotatable bonds is 2. The molecule has 0 N–H and O–H groups in total. The molecular formula is C11H21ClN2O2S. The Morgan fingerprint density at radius 1 is 1.06 bits per heavy atom. The summed E-state index contributed by atoms with van der Waals surface area (Å²) < 4.78 is 28.1. The van der Waals surface area contributed by atoms with Crippen LogP contribution in [0.4, 0.5) is 0 Å². The summed E-state index contributed by atoms with van der Waals surface area (Å²) in [5.74, 6) is 0.476. The van der Waals surface area contributed by atoms with E-state index in [1.165, 1.54) is 0 Å². The molecule has 0 spiro atoms. The molecule has 2 saturated heterocycles. The number of alkyl halides is 1. The molecule has 0 radical (unpaired) electrons. The smallest absolute Gasteiger partial charge is 0.195 e. The van der Waals surface area contributed by atoms with E-state index in [0.717, 1.165) is 25.7 Å². The summed E-state index contributed by atoms with van der Waals surface area (Å²) in [6.07, 6.45) is 3.65. The first kappa shape index (κ1) is 13.6. The average molecular weight is 281 g/mol. The van der Waals surface area contributed by atoms with E-state index in [4.69, 9.17) is 11.6 Å². The van der Waals surface area contributed by atoms with Crippen LogP contribution in [-0.4, -0.2) is 48.6 Å². The second-order valence-corrected chi connectivity index (χ2v) is 7.73. The van der Waals surface area contributed by atoms with Gasteiger partial charge in [-0.1, -0.05) is 6.92 Å². The molecule has 100 valence electrons. The highest BCUT2D eigenvalue weighted by Crippen LogP contribution is 2.24. The molecule has 0 aromatic heterocycles. The van der Waals surface area contributed by atoms with Gasteiger partial charge in [0.05, 0.1) is 0 Å². The molecule has 2 aliphatic heterocycles. The van der Waals surface area contributed by atoms with Crippen molar-refractivity contribution in [1.29, 1.82) is 0 Å². The van der Waals surface area contributed by atoms with E-state index in [1.807, 2.05) is 0 Å². The van der Waals surface area contributed by atoms with Crippen molar-refractivity contribution >= 4 is 21.8 Å². The summed E-state index contributed by atoms with van der Waals surface area (Å²) in [6.45, 7) is 4.60. The third-order valence-corrected chi connectivity index (χ3v) is 6.09. The Labute approximate surface area is 109 Å². The Bertz CT molecular complexity index is 352. The largest absolute Gasteiger partial charge is 0.281 e. The Hall–Kier alpha value is 0.160. The van der Waals surface area contributed by atoms with Crippen molar-refractivity contribution < 1.29 is 8.42 Å². The third-order valence-electron chi connectivity index (χ3n) is 3.66. The monoisotopic (exact) mass is 280 g/mol. The lowest BCUT2D eigenvalue weighted by Crippen LogP contribution is -2.50. The highest BCUT2D eigenvalue weighted by Gasteiger charge is 2.34. The second kappa shape index (κ2) is 5.43. The van der Waals surface area contributed by atoms with Crippen molar-refractivity contribution in [3.63, 3.8) is 0 Å². The van der Waals surface area contributed by atoms with Gasteiger partial charge in [0.2, 0.25) is 0 Å². The average Bonchev–Trinajstić information content (AvgIpc) is 2.29. The van der Waals surface area contributed by atoms with E-state index >= 15 is 0 Å². The molecule has 2 rings (SSSR count). The van der Waals surface area contributed by atoms with E-state index in [9.17, 15) is 8.42 Å². The van der Waals surface area contributed by atoms with Gasteiger partial charge in [-0.2, -0.15) is 17.0 Å². The first-order chi connectivity index (χ1) is 8.00. The third kappa shape index (κ3) is 3.13. The van der Waals surface area contributed by atoms with Gasteiger partial charge in [0, 0.05) is 31.6 Å². The van der Waals surface area contributed by atoms with Crippen molar-refractivity contribution in [2.75, 3.05) is 26.2 Å². The Balaban J connectivity index is 2.02. The molecule has 4 nitrogen and oxygen atoms in total. The summed E-state index contributed by atoms with van der Waals surface area (Å²) >= 11 is 6.01. The van der Waals surface area contributed by atoms with Crippen LogP contribution in [0, 0.1) is 5.92 Å². The van der Waals surface area contributed by atoms with Crippen molar-refractivity contribution in [3.05, 3.63) is 0 Å². The summed E-state index contributed by atoms with van der Waals surface area (Å²) in [5, 5.41) is 0.140. The molecular weight excluding hydrogens is 260 g/mol. The van der Waals surface area contributed by atoms with Crippen LogP contribution in [0.25, 0.3) is 0 Å². The number of hydrogen-bond donors (Lipinski definition) is 0. The fourth-order valence-electron chi connectivity index (χ4n) is 2.57. The first-order valence-corrected chi connectivity index (χ1v) is 8.23. The molecule has 0 aliphatic carbocycles. The van der Waals surface area contributed by atoms with Gasteiger partial charge in [-0.05, 0) is 31.6 Å². The molecule has 0 aromatic rings. The number of hydrogen-bond acceptors (Lipinski definition) is 2. The lowest BCUT2D eigenvalue weighted by molar-refractivity contribution is 0.248. The van der Waals surface area contributed by atoms with Crippen LogP contribution < -0.4 is 0 Å². The van der Waals surface area contributed by atoms with Crippen LogP contribution in [-0.2, 0) is 10.2 Å². The quantitative estimate of drug-likeness (QED) is 0.722. The lowest BCUT2D eigenvalue weighted by Gasteiger charge is -2.36. The molecule has 0 amide bonds. The zero-order valence-corrected chi connectivity index (χ0v) is 11.9. The van der Waals surface area contributed by atoms with Crippen LogP contribution in [0.15, 0.2) is 0 Å². The molecule has 2 aliphatic rings. The Morgan fingerprint density at radius 2 is 1.71 bits per heavy atom. The molecule has 17 heavy (non-hydrogen) atoms. The number of halogens is 1. The predicted molar refractivity (Wildman–Crippen MR) is 69.3 cm³/mol. The minimum atomic E-state index is -3.23. The molecule has 2 fully saturated rings. The number of nitrogens with zero attached hydrogens (tertiary/aromatic N) is 2. The first-order valence-electron chi connectivity index (χ1n) is 6.39. The predicted octanol–water partition coefficient (Wildman–Crippen LogP) is 1.67. The topological polar surface area (TPSA) is 40.6 Å². The molecule has 0 bridgehead atoms. The standard InChI is InChI=1S/C11H21ClN2O2S/c1-10-3-2-6-14(9-10)17(15,16)13-7-4-11(12)5-8-13/h10-11H,2-9H2,1H3. The molecule has 2 heterocycles. The molecule has 0 saturated carbocycles. The fourth-order valence-corrected chi connectivity index (χ4v) is 4.57. The van der Waals surface area contributed by atoms with Crippen LogP contribution in [0.2, 0.25) is 0 Å². The minimum Gasteiger partial charge on any atom is -0.195 e. The fraction of sp³-hybridized carbons (Fsp3) is 1.00. The van der Waals surface area contributed by atoms with Crippen molar-refractivity contribution in [2.24, 2.45) is 5.92 Å². The minimum absolute atomic E-state index is 0.140. The van der Waals surface area contributed by atoms with Crippen LogP contribution in [0.1, 0.15) is 32.6 Å². The summed E-state index contributed by atoms with van der Waals surface area (Å²) in [4.78, 5) is 0. The summed E-state index contributed by atoms with van der Waals surface area (Å²) in [5.41, 5.74) is 0. The number of piperidine rings is 2. The highest BCUT2D eigenvalue weighted by atomic mass is 35.5. The van der Waals surface area contributed by atoms with Gasteiger partial charge >= 0.3 is 0 Å². The lowest BCUT2D eigenvalue weighted by atomic mass is 10.0. The van der Waals surface area contributed by atoms with Gasteiger partial charge in [-0.15, -0.1) is 11.6 Å². The van der Waals surface area contributed by atoms with Gasteiger partial charge < -0.3 is 0 Å². The van der Waals surface area contributed by atoms with Gasteiger partial charge in [0.1, 0.15) is 0 Å². The zero-order valence-electron chi connectivity index (χ0n) is 10.3. The van der Waals surface area contributed by atoms with E-state index in [-0.39, 0.29) is 5.38 Å². The maximum absolute atomic E-state index is 12.4. The van der Waals surface area contributed by atoms with Gasteiger partial charge in [-0.3, -0.25) is 0 Å². The molecule has 0 aromatic carbocycles. The van der Waals surface area contributed by atoms with Gasteiger partial charge in [-0.25, -0.2) is 0 Å². The molecule has 6 heteroatoms. The normalized spacial score (nSPS) is 30.6. The maximum Gasteiger partial charge on any atom is 0.281 e. The van der Waals surface area contributed by atoms with Crippen molar-refractivity contribution in [2.45, 2.75) is 38.0 Å². The van der Waals surface area contributed by atoms with Crippen LogP contribution >= 0.6 is 11.6 Å². The zero-order chi connectivity index (χ0) is 12.5. The van der Waals surface area contributed by atoms with Crippen molar-refractivity contribution in [3.8, 4) is 0 Å². The van der Waals surface area contributed by atoms with E-state index in [0.29, 0.717) is 32.1 Å². The second-order valence-electron chi connectivity index (χ2n) is 5.19. The molecule has 1 atom stereocenters. The SMILES string of the molecule is CC1CCCN(S(=O)(=O)N2CCC(Cl)CC2)C1. The van der Waals surface area contributed by atoms with Gasteiger partial charge in [0.15, 0.2) is 0 Å². The molecule has 1 unspecified atom stereocenters. The van der Waals surface area contributed by atoms with Crippen LogP contribution in [0.3, 0.4) is 0 Å². The highest BCUT2D eigenvalue weighted by molar-refractivity contribution is 7.86. The van der Waals surface area contributed by atoms with E-state index in [2.05, 4.69) is 6.92 Å². The maximum atomic E-state index is 12.4. The summed E-state index contributed by atoms with van der Waals surface area (Å²) in [6, 6.07) is 0. The van der Waals surface area contributed by atoms with Gasteiger partial charge in [0.25, 0.3) is 10.2 Å². The van der Waals surface area contributed by atoms with Crippen molar-refractivity contribution in [1.82, 2.24) is 8.61 Å². The van der Waals surface area contributed by atoms with Crippen LogP contribution in [0.5, 0.6) is 0 Å². The Morgan fingerprint density at radius 3 is 2.29 bits per heavy atom.